The third-order valence-corrected chi connectivity index (χ3v) is 3.27. The predicted octanol–water partition coefficient (Wildman–Crippen LogP) is -7.66. The van der Waals surface area contributed by atoms with E-state index >= 15 is 0 Å². The summed E-state index contributed by atoms with van der Waals surface area (Å²) in [5.41, 5.74) is 0. The van der Waals surface area contributed by atoms with Crippen molar-refractivity contribution in [3.63, 3.8) is 0 Å². The molecule has 0 atom stereocenters. The van der Waals surface area contributed by atoms with Gasteiger partial charge in [-0.2, -0.15) is 16.8 Å². The molecule has 1 aromatic rings. The number of benzene rings is 1. The van der Waals surface area contributed by atoms with Crippen LogP contribution < -0.4 is 113 Å². The first kappa shape index (κ1) is 22.2. The normalized spacial score (nSPS) is 11.2. The largest absolute Gasteiger partial charge is 1.00 e. The second kappa shape index (κ2) is 7.79. The molecule has 0 spiro atoms. The Labute approximate surface area is 188 Å². The van der Waals surface area contributed by atoms with Crippen LogP contribution in [0.4, 0.5) is 0 Å². The molecule has 18 heavy (non-hydrogen) atoms. The Morgan fingerprint density at radius 2 is 1.11 bits per heavy atom. The van der Waals surface area contributed by atoms with Crippen molar-refractivity contribution in [1.82, 2.24) is 0 Å². The molecule has 0 heterocycles. The topological polar surface area (TPSA) is 155 Å². The van der Waals surface area contributed by atoms with E-state index in [4.69, 9.17) is 9.11 Å². The van der Waals surface area contributed by atoms with Gasteiger partial charge in [0.25, 0.3) is 20.2 Å². The van der Waals surface area contributed by atoms with Crippen molar-refractivity contribution in [2.75, 3.05) is 0 Å². The van der Waals surface area contributed by atoms with Gasteiger partial charge < -0.3 is 10.2 Å². The molecular formula is C6H4K2O8S2. The third kappa shape index (κ3) is 5.73. The first-order chi connectivity index (χ1) is 7.03. The van der Waals surface area contributed by atoms with E-state index in [0.717, 1.165) is 0 Å². The van der Waals surface area contributed by atoms with Crippen molar-refractivity contribution in [3.8, 4) is 11.5 Å². The molecular weight excluding hydrogens is 342 g/mol. The van der Waals surface area contributed by atoms with Gasteiger partial charge in [0.2, 0.25) is 0 Å². The summed E-state index contributed by atoms with van der Waals surface area (Å²) < 4.78 is 59.6. The van der Waals surface area contributed by atoms with Crippen molar-refractivity contribution >= 4 is 20.2 Å². The third-order valence-electron chi connectivity index (χ3n) is 1.55. The number of hydrogen-bond donors (Lipinski definition) is 2. The molecule has 0 saturated carbocycles. The molecule has 0 amide bonds. The van der Waals surface area contributed by atoms with Crippen LogP contribution in [0, 0.1) is 0 Å². The fraction of sp³-hybridized carbons (Fsp3) is 0. The zero-order valence-electron chi connectivity index (χ0n) is 9.32. The number of hydrogen-bond acceptors (Lipinski definition) is 6. The van der Waals surface area contributed by atoms with Gasteiger partial charge in [0.05, 0.1) is 9.79 Å². The van der Waals surface area contributed by atoms with E-state index in [0.29, 0.717) is 0 Å². The Hall–Kier alpha value is 1.91. The minimum absolute atomic E-state index is 0. The summed E-state index contributed by atoms with van der Waals surface area (Å²) in [6, 6.07) is 0.513. The van der Waals surface area contributed by atoms with Crippen molar-refractivity contribution in [1.29, 1.82) is 0 Å². The Kier molecular flexibility index (Phi) is 9.61. The van der Waals surface area contributed by atoms with Gasteiger partial charge in [0.15, 0.2) is 0 Å². The summed E-state index contributed by atoms with van der Waals surface area (Å²) in [7, 11) is -10.1. The molecule has 1 rings (SSSR count). The average Bonchev–Trinajstić information content (AvgIpc) is 2.04. The van der Waals surface area contributed by atoms with Gasteiger partial charge in [-0.3, -0.25) is 9.11 Å². The van der Waals surface area contributed by atoms with E-state index < -0.39 is 41.5 Å². The minimum Gasteiger partial charge on any atom is -0.872 e. The second-order valence-electron chi connectivity index (χ2n) is 2.70. The molecule has 0 aliphatic carbocycles. The zero-order chi connectivity index (χ0) is 12.7. The molecule has 0 aromatic heterocycles. The van der Waals surface area contributed by atoms with Crippen LogP contribution in [0.15, 0.2) is 21.9 Å². The van der Waals surface area contributed by atoms with Crippen molar-refractivity contribution < 1.29 is 139 Å². The van der Waals surface area contributed by atoms with Crippen LogP contribution in [-0.2, 0) is 20.2 Å². The molecule has 0 saturated heterocycles. The van der Waals surface area contributed by atoms with Crippen molar-refractivity contribution in [3.05, 3.63) is 12.1 Å². The van der Waals surface area contributed by atoms with Crippen LogP contribution in [0.25, 0.3) is 0 Å². The molecule has 0 radical (unpaired) electrons. The van der Waals surface area contributed by atoms with E-state index in [1.165, 1.54) is 0 Å². The molecule has 0 fully saturated rings. The summed E-state index contributed by atoms with van der Waals surface area (Å²) in [4.78, 5) is -2.79. The average molecular weight is 346 g/mol. The second-order valence-corrected chi connectivity index (χ2v) is 5.48. The molecule has 0 aliphatic heterocycles. The van der Waals surface area contributed by atoms with E-state index in [2.05, 4.69) is 0 Å². The molecule has 0 unspecified atom stereocenters. The fourth-order valence-corrected chi connectivity index (χ4v) is 2.22. The maximum atomic E-state index is 11.2. The predicted molar refractivity (Wildman–Crippen MR) is 45.0 cm³/mol. The maximum Gasteiger partial charge on any atom is 1.00 e. The van der Waals surface area contributed by atoms with Gasteiger partial charge in [0.1, 0.15) is 0 Å². The van der Waals surface area contributed by atoms with E-state index in [1.807, 2.05) is 0 Å². The summed E-state index contributed by atoms with van der Waals surface area (Å²) in [6.07, 6.45) is 0. The van der Waals surface area contributed by atoms with Gasteiger partial charge in [-0.05, 0) is 12.1 Å². The van der Waals surface area contributed by atoms with Gasteiger partial charge in [-0.25, -0.2) is 0 Å². The molecule has 0 bridgehead atoms. The summed E-state index contributed by atoms with van der Waals surface area (Å²) in [5.74, 6) is -2.82. The SMILES string of the molecule is O=S(=O)(O)c1cc([O-])cc(S(=O)(=O)O)c1[O-].[K+].[K+]. The van der Waals surface area contributed by atoms with Crippen LogP contribution in [0.5, 0.6) is 11.5 Å². The Balaban J connectivity index is 0. The molecule has 90 valence electrons. The summed E-state index contributed by atoms with van der Waals surface area (Å²) in [6.45, 7) is 0. The van der Waals surface area contributed by atoms with Crippen molar-refractivity contribution in [2.45, 2.75) is 9.79 Å². The molecule has 12 heteroatoms. The van der Waals surface area contributed by atoms with E-state index in [-0.39, 0.29) is 115 Å². The maximum absolute atomic E-state index is 11.2. The first-order valence-electron chi connectivity index (χ1n) is 3.50. The van der Waals surface area contributed by atoms with Crippen LogP contribution in [-0.4, -0.2) is 25.9 Å². The molecule has 2 N–H and O–H groups in total. The zero-order valence-corrected chi connectivity index (χ0v) is 17.2. The van der Waals surface area contributed by atoms with Gasteiger partial charge >= 0.3 is 103 Å². The smallest absolute Gasteiger partial charge is 0.872 e. The van der Waals surface area contributed by atoms with E-state index in [9.17, 15) is 27.0 Å². The van der Waals surface area contributed by atoms with Crippen LogP contribution in [0.3, 0.4) is 0 Å². The first-order valence-corrected chi connectivity index (χ1v) is 6.38. The Bertz CT molecular complexity index is 583. The monoisotopic (exact) mass is 346 g/mol. The molecule has 0 aliphatic rings. The summed E-state index contributed by atoms with van der Waals surface area (Å²) in [5, 5.41) is 22.1. The Morgan fingerprint density at radius 3 is 1.33 bits per heavy atom. The van der Waals surface area contributed by atoms with Gasteiger partial charge in [-0.1, -0.05) is 5.75 Å². The molecule has 1 aromatic carbocycles. The van der Waals surface area contributed by atoms with Crippen molar-refractivity contribution in [2.24, 2.45) is 0 Å². The van der Waals surface area contributed by atoms with Gasteiger partial charge in [-0.15, -0.1) is 5.75 Å². The summed E-state index contributed by atoms with van der Waals surface area (Å²) >= 11 is 0. The standard InChI is InChI=1S/C6H6O8S2.2K/c7-3-1-4(15(9,10)11)6(8)5(2-3)16(12,13)14;;/h1-2,7-8H,(H,9,10,11)(H,12,13,14);;/q;2*+1/p-2. The minimum atomic E-state index is -5.03. The van der Waals surface area contributed by atoms with E-state index in [1.54, 1.807) is 0 Å². The van der Waals surface area contributed by atoms with Crippen LogP contribution in [0.2, 0.25) is 0 Å². The van der Waals surface area contributed by atoms with Gasteiger partial charge in [0, 0.05) is 0 Å². The Morgan fingerprint density at radius 1 is 0.833 bits per heavy atom. The van der Waals surface area contributed by atoms with Crippen LogP contribution in [0.1, 0.15) is 0 Å². The molecule has 8 nitrogen and oxygen atoms in total. The van der Waals surface area contributed by atoms with Crippen LogP contribution >= 0.6 is 0 Å². The fourth-order valence-electron chi connectivity index (χ4n) is 0.936. The number of rotatable bonds is 2. The quantitative estimate of drug-likeness (QED) is 0.395.